The van der Waals surface area contributed by atoms with E-state index in [0.717, 1.165) is 11.8 Å². The smallest absolute Gasteiger partial charge is 0.243 e. The standard InChI is InChI=1S/C14H18N2O2S/c1-3-9-16(2)19(17,18)14-6-4-5-11-10-12(15)7-8-13(11)14/h4-8,10H,3,9,15H2,1-2H3. The van der Waals surface area contributed by atoms with Gasteiger partial charge in [-0.2, -0.15) is 0 Å². The lowest BCUT2D eigenvalue weighted by molar-refractivity contribution is 0.469. The minimum Gasteiger partial charge on any atom is -0.399 e. The quantitative estimate of drug-likeness (QED) is 0.874. The molecule has 19 heavy (non-hydrogen) atoms. The molecule has 2 aromatic carbocycles. The SMILES string of the molecule is CCCN(C)S(=O)(=O)c1cccc2cc(N)ccc12. The monoisotopic (exact) mass is 278 g/mol. The molecule has 0 aliphatic rings. The summed E-state index contributed by atoms with van der Waals surface area (Å²) in [7, 11) is -1.84. The normalized spacial score (nSPS) is 12.2. The summed E-state index contributed by atoms with van der Waals surface area (Å²) in [5, 5.41) is 1.55. The van der Waals surface area contributed by atoms with Crippen LogP contribution in [-0.2, 0) is 10.0 Å². The van der Waals surface area contributed by atoms with Crippen LogP contribution in [0, 0.1) is 0 Å². The van der Waals surface area contributed by atoms with Crippen molar-refractivity contribution < 1.29 is 8.42 Å². The van der Waals surface area contributed by atoms with Gasteiger partial charge < -0.3 is 5.73 Å². The van der Waals surface area contributed by atoms with Crippen LogP contribution < -0.4 is 5.73 Å². The highest BCUT2D eigenvalue weighted by molar-refractivity contribution is 7.89. The first kappa shape index (κ1) is 13.8. The molecule has 0 aliphatic heterocycles. The number of nitrogens with zero attached hydrogens (tertiary/aromatic N) is 1. The number of sulfonamides is 1. The molecule has 0 aliphatic carbocycles. The average Bonchev–Trinajstić information content (AvgIpc) is 2.37. The van der Waals surface area contributed by atoms with E-state index in [9.17, 15) is 8.42 Å². The van der Waals surface area contributed by atoms with Crippen LogP contribution in [0.15, 0.2) is 41.3 Å². The molecule has 0 saturated carbocycles. The zero-order valence-corrected chi connectivity index (χ0v) is 11.9. The number of hydrogen-bond acceptors (Lipinski definition) is 3. The Morgan fingerprint density at radius 3 is 2.63 bits per heavy atom. The van der Waals surface area contributed by atoms with Gasteiger partial charge in [0.1, 0.15) is 0 Å². The van der Waals surface area contributed by atoms with Gasteiger partial charge >= 0.3 is 0 Å². The molecule has 0 amide bonds. The number of anilines is 1. The van der Waals surface area contributed by atoms with Crippen molar-refractivity contribution in [3.8, 4) is 0 Å². The third-order valence-corrected chi connectivity index (χ3v) is 5.01. The maximum absolute atomic E-state index is 12.5. The molecule has 0 atom stereocenters. The van der Waals surface area contributed by atoms with E-state index in [0.29, 0.717) is 22.5 Å². The van der Waals surface area contributed by atoms with Crippen LogP contribution in [0.5, 0.6) is 0 Å². The highest BCUT2D eigenvalue weighted by atomic mass is 32.2. The van der Waals surface area contributed by atoms with E-state index in [1.807, 2.05) is 13.0 Å². The molecule has 0 aromatic heterocycles. The second-order valence-corrected chi connectivity index (χ2v) is 6.58. The van der Waals surface area contributed by atoms with Gasteiger partial charge in [0.05, 0.1) is 4.90 Å². The number of hydrogen-bond donors (Lipinski definition) is 1. The highest BCUT2D eigenvalue weighted by Crippen LogP contribution is 2.26. The number of rotatable bonds is 4. The van der Waals surface area contributed by atoms with Crippen LogP contribution in [0.2, 0.25) is 0 Å². The average molecular weight is 278 g/mol. The van der Waals surface area contributed by atoms with Crippen LogP contribution in [0.25, 0.3) is 10.8 Å². The Morgan fingerprint density at radius 1 is 1.21 bits per heavy atom. The van der Waals surface area contributed by atoms with E-state index < -0.39 is 10.0 Å². The fourth-order valence-corrected chi connectivity index (χ4v) is 3.57. The fraction of sp³-hybridized carbons (Fsp3) is 0.286. The van der Waals surface area contributed by atoms with Crippen molar-refractivity contribution in [2.45, 2.75) is 18.2 Å². The van der Waals surface area contributed by atoms with Gasteiger partial charge in [0.2, 0.25) is 10.0 Å². The Bertz CT molecular complexity index is 696. The largest absolute Gasteiger partial charge is 0.399 e. The van der Waals surface area contributed by atoms with Gasteiger partial charge in [0.25, 0.3) is 0 Å². The Labute approximate surface area is 113 Å². The molecule has 2 rings (SSSR count). The first-order valence-electron chi connectivity index (χ1n) is 6.21. The number of nitrogen functional groups attached to an aromatic ring is 1. The highest BCUT2D eigenvalue weighted by Gasteiger charge is 2.22. The lowest BCUT2D eigenvalue weighted by atomic mass is 10.1. The molecule has 2 N–H and O–H groups in total. The zero-order valence-electron chi connectivity index (χ0n) is 11.1. The van der Waals surface area contributed by atoms with Crippen molar-refractivity contribution in [1.29, 1.82) is 0 Å². The number of fused-ring (bicyclic) bond motifs is 1. The van der Waals surface area contributed by atoms with Crippen molar-refractivity contribution in [3.63, 3.8) is 0 Å². The summed E-state index contributed by atoms with van der Waals surface area (Å²) >= 11 is 0. The summed E-state index contributed by atoms with van der Waals surface area (Å²) < 4.78 is 26.4. The summed E-state index contributed by atoms with van der Waals surface area (Å²) in [6.07, 6.45) is 0.785. The Hall–Kier alpha value is -1.59. The van der Waals surface area contributed by atoms with Gasteiger partial charge in [-0.15, -0.1) is 0 Å². The predicted octanol–water partition coefficient (Wildman–Crippen LogP) is 2.45. The van der Waals surface area contributed by atoms with Gasteiger partial charge in [-0.25, -0.2) is 12.7 Å². The predicted molar refractivity (Wildman–Crippen MR) is 78.5 cm³/mol. The maximum atomic E-state index is 12.5. The minimum absolute atomic E-state index is 0.334. The van der Waals surface area contributed by atoms with Crippen molar-refractivity contribution in [2.24, 2.45) is 0 Å². The topological polar surface area (TPSA) is 63.4 Å². The molecule has 0 spiro atoms. The molecule has 102 valence electrons. The molecule has 0 bridgehead atoms. The van der Waals surface area contributed by atoms with Crippen molar-refractivity contribution in [3.05, 3.63) is 36.4 Å². The fourth-order valence-electron chi connectivity index (χ4n) is 2.10. The van der Waals surface area contributed by atoms with Crippen molar-refractivity contribution >= 4 is 26.5 Å². The molecule has 0 fully saturated rings. The molecule has 2 aromatic rings. The van der Waals surface area contributed by atoms with Crippen molar-refractivity contribution in [2.75, 3.05) is 19.3 Å². The number of benzene rings is 2. The molecule has 5 heteroatoms. The Balaban J connectivity index is 2.63. The first-order chi connectivity index (χ1) is 8.96. The summed E-state index contributed by atoms with van der Waals surface area (Å²) in [4.78, 5) is 0.334. The van der Waals surface area contributed by atoms with Crippen molar-refractivity contribution in [1.82, 2.24) is 4.31 Å². The summed E-state index contributed by atoms with van der Waals surface area (Å²) in [5.74, 6) is 0. The van der Waals surface area contributed by atoms with Crippen LogP contribution in [0.4, 0.5) is 5.69 Å². The van der Waals surface area contributed by atoms with E-state index in [1.165, 1.54) is 4.31 Å². The third kappa shape index (κ3) is 2.57. The summed E-state index contributed by atoms with van der Waals surface area (Å²) in [6.45, 7) is 2.46. The molecule has 0 heterocycles. The molecule has 0 unspecified atom stereocenters. The Morgan fingerprint density at radius 2 is 1.95 bits per heavy atom. The lowest BCUT2D eigenvalue weighted by Gasteiger charge is -2.17. The Kier molecular flexibility index (Phi) is 3.78. The van der Waals surface area contributed by atoms with Crippen LogP contribution in [0.3, 0.4) is 0 Å². The lowest BCUT2D eigenvalue weighted by Crippen LogP contribution is -2.27. The second kappa shape index (κ2) is 5.19. The van der Waals surface area contributed by atoms with Gasteiger partial charge in [-0.3, -0.25) is 0 Å². The van der Waals surface area contributed by atoms with E-state index in [1.54, 1.807) is 37.4 Å². The van der Waals surface area contributed by atoms with Gasteiger partial charge in [0, 0.05) is 24.7 Å². The van der Waals surface area contributed by atoms with E-state index in [4.69, 9.17) is 5.73 Å². The maximum Gasteiger partial charge on any atom is 0.243 e. The summed E-state index contributed by atoms with van der Waals surface area (Å²) in [6, 6.07) is 10.5. The van der Waals surface area contributed by atoms with Gasteiger partial charge in [-0.1, -0.05) is 25.1 Å². The molecular formula is C14H18N2O2S. The van der Waals surface area contributed by atoms with Crippen LogP contribution in [0.1, 0.15) is 13.3 Å². The number of nitrogens with two attached hydrogens (primary N) is 1. The van der Waals surface area contributed by atoms with E-state index in [2.05, 4.69) is 0 Å². The summed E-state index contributed by atoms with van der Waals surface area (Å²) in [5.41, 5.74) is 6.36. The minimum atomic E-state index is -3.45. The van der Waals surface area contributed by atoms with Gasteiger partial charge in [-0.05, 0) is 30.0 Å². The molecule has 4 nitrogen and oxygen atoms in total. The third-order valence-electron chi connectivity index (χ3n) is 3.09. The second-order valence-electron chi connectivity index (χ2n) is 4.56. The molecular weight excluding hydrogens is 260 g/mol. The first-order valence-corrected chi connectivity index (χ1v) is 7.65. The van der Waals surface area contributed by atoms with Gasteiger partial charge in [0.15, 0.2) is 0 Å². The van der Waals surface area contributed by atoms with Crippen LogP contribution >= 0.6 is 0 Å². The van der Waals surface area contributed by atoms with Crippen LogP contribution in [-0.4, -0.2) is 26.3 Å². The molecule has 0 radical (unpaired) electrons. The molecule has 0 saturated heterocycles. The zero-order chi connectivity index (χ0) is 14.0. The van der Waals surface area contributed by atoms with E-state index in [-0.39, 0.29) is 0 Å². The van der Waals surface area contributed by atoms with E-state index >= 15 is 0 Å².